The first-order valence-electron chi connectivity index (χ1n) is 6.08. The van der Waals surface area contributed by atoms with Crippen LogP contribution in [0.25, 0.3) is 0 Å². The van der Waals surface area contributed by atoms with E-state index in [-0.39, 0.29) is 5.91 Å². The summed E-state index contributed by atoms with van der Waals surface area (Å²) in [6.45, 7) is 6.03. The SMILES string of the molecule is Cc1oc(C)c(C(=O)NCc2ccc(Cl)cc2)c1C. The van der Waals surface area contributed by atoms with Gasteiger partial charge in [-0.2, -0.15) is 0 Å². The summed E-state index contributed by atoms with van der Waals surface area (Å²) < 4.78 is 5.46. The molecule has 0 spiro atoms. The summed E-state index contributed by atoms with van der Waals surface area (Å²) in [7, 11) is 0. The zero-order valence-corrected chi connectivity index (χ0v) is 12.0. The molecule has 0 atom stereocenters. The van der Waals surface area contributed by atoms with Gasteiger partial charge in [-0.3, -0.25) is 4.79 Å². The predicted molar refractivity (Wildman–Crippen MR) is 75.5 cm³/mol. The van der Waals surface area contributed by atoms with E-state index >= 15 is 0 Å². The molecule has 2 aromatic rings. The highest BCUT2D eigenvalue weighted by Gasteiger charge is 2.17. The Morgan fingerprint density at radius 3 is 2.32 bits per heavy atom. The zero-order chi connectivity index (χ0) is 14.0. The molecule has 1 heterocycles. The zero-order valence-electron chi connectivity index (χ0n) is 11.2. The van der Waals surface area contributed by atoms with Crippen molar-refractivity contribution >= 4 is 17.5 Å². The molecule has 3 nitrogen and oxygen atoms in total. The highest BCUT2D eigenvalue weighted by Crippen LogP contribution is 2.20. The van der Waals surface area contributed by atoms with Crippen LogP contribution in [0.4, 0.5) is 0 Å². The number of hydrogen-bond acceptors (Lipinski definition) is 2. The molecule has 1 N–H and O–H groups in total. The number of benzene rings is 1. The van der Waals surface area contributed by atoms with Crippen molar-refractivity contribution < 1.29 is 9.21 Å². The van der Waals surface area contributed by atoms with Crippen molar-refractivity contribution in [1.29, 1.82) is 0 Å². The minimum absolute atomic E-state index is 0.109. The first-order valence-corrected chi connectivity index (χ1v) is 6.46. The van der Waals surface area contributed by atoms with E-state index in [1.165, 1.54) is 0 Å². The van der Waals surface area contributed by atoms with Gasteiger partial charge in [0.2, 0.25) is 0 Å². The molecule has 0 saturated heterocycles. The first-order chi connectivity index (χ1) is 8.99. The van der Waals surface area contributed by atoms with Crippen molar-refractivity contribution in [3.8, 4) is 0 Å². The van der Waals surface area contributed by atoms with Gasteiger partial charge in [0, 0.05) is 17.1 Å². The fourth-order valence-electron chi connectivity index (χ4n) is 2.00. The minimum Gasteiger partial charge on any atom is -0.466 e. The maximum atomic E-state index is 12.1. The van der Waals surface area contributed by atoms with Crippen LogP contribution in [0.5, 0.6) is 0 Å². The summed E-state index contributed by atoms with van der Waals surface area (Å²) in [5.74, 6) is 1.33. The molecule has 100 valence electrons. The lowest BCUT2D eigenvalue weighted by Crippen LogP contribution is -2.23. The first kappa shape index (κ1) is 13.7. The summed E-state index contributed by atoms with van der Waals surface area (Å²) >= 11 is 5.81. The van der Waals surface area contributed by atoms with Gasteiger partial charge >= 0.3 is 0 Å². The minimum atomic E-state index is -0.109. The molecule has 1 aromatic carbocycles. The van der Waals surface area contributed by atoms with Gasteiger partial charge in [-0.05, 0) is 38.5 Å². The Morgan fingerprint density at radius 2 is 1.79 bits per heavy atom. The number of carbonyl (C=O) groups excluding carboxylic acids is 1. The van der Waals surface area contributed by atoms with Crippen LogP contribution in [0.3, 0.4) is 0 Å². The van der Waals surface area contributed by atoms with E-state index in [0.29, 0.717) is 22.9 Å². The van der Waals surface area contributed by atoms with E-state index in [1.54, 1.807) is 6.92 Å². The van der Waals surface area contributed by atoms with Gasteiger partial charge in [0.05, 0.1) is 5.56 Å². The Kier molecular flexibility index (Phi) is 3.96. The van der Waals surface area contributed by atoms with E-state index in [4.69, 9.17) is 16.0 Å². The molecule has 0 unspecified atom stereocenters. The molecule has 19 heavy (non-hydrogen) atoms. The topological polar surface area (TPSA) is 42.2 Å². The van der Waals surface area contributed by atoms with Crippen LogP contribution in [0.15, 0.2) is 28.7 Å². The number of carbonyl (C=O) groups is 1. The summed E-state index contributed by atoms with van der Waals surface area (Å²) in [4.78, 5) is 12.1. The third-order valence-corrected chi connectivity index (χ3v) is 3.41. The van der Waals surface area contributed by atoms with Crippen molar-refractivity contribution in [2.24, 2.45) is 0 Å². The van der Waals surface area contributed by atoms with Crippen LogP contribution in [0.2, 0.25) is 5.02 Å². The molecule has 2 rings (SSSR count). The number of aryl methyl sites for hydroxylation is 2. The lowest BCUT2D eigenvalue weighted by atomic mass is 10.1. The highest BCUT2D eigenvalue weighted by molar-refractivity contribution is 6.30. The average Bonchev–Trinajstić information content (AvgIpc) is 2.62. The standard InChI is InChI=1S/C15H16ClNO2/c1-9-10(2)19-11(3)14(9)15(18)17-8-12-4-6-13(16)7-5-12/h4-7H,8H2,1-3H3,(H,17,18). The Hall–Kier alpha value is -1.74. The third kappa shape index (κ3) is 2.99. The molecule has 4 heteroatoms. The van der Waals surface area contributed by atoms with E-state index in [2.05, 4.69) is 5.32 Å². The third-order valence-electron chi connectivity index (χ3n) is 3.15. The van der Waals surface area contributed by atoms with Crippen molar-refractivity contribution in [3.05, 3.63) is 57.5 Å². The number of halogens is 1. The summed E-state index contributed by atoms with van der Waals surface area (Å²) in [6, 6.07) is 7.40. The number of hydrogen-bond donors (Lipinski definition) is 1. The summed E-state index contributed by atoms with van der Waals surface area (Å²) in [6.07, 6.45) is 0. The Morgan fingerprint density at radius 1 is 1.16 bits per heavy atom. The van der Waals surface area contributed by atoms with Gasteiger partial charge in [0.25, 0.3) is 5.91 Å². The van der Waals surface area contributed by atoms with Crippen molar-refractivity contribution in [1.82, 2.24) is 5.32 Å². The number of rotatable bonds is 3. The number of nitrogens with one attached hydrogen (secondary N) is 1. The number of amides is 1. The van der Waals surface area contributed by atoms with Crippen LogP contribution >= 0.6 is 11.6 Å². The van der Waals surface area contributed by atoms with Crippen molar-refractivity contribution in [3.63, 3.8) is 0 Å². The lowest BCUT2D eigenvalue weighted by molar-refractivity contribution is 0.0949. The van der Waals surface area contributed by atoms with Crippen LogP contribution < -0.4 is 5.32 Å². The van der Waals surface area contributed by atoms with Gasteiger partial charge < -0.3 is 9.73 Å². The van der Waals surface area contributed by atoms with E-state index in [0.717, 1.165) is 16.9 Å². The molecular weight excluding hydrogens is 262 g/mol. The lowest BCUT2D eigenvalue weighted by Gasteiger charge is -2.05. The van der Waals surface area contributed by atoms with E-state index in [9.17, 15) is 4.79 Å². The second-order valence-electron chi connectivity index (χ2n) is 4.52. The summed E-state index contributed by atoms with van der Waals surface area (Å²) in [5.41, 5.74) is 2.53. The van der Waals surface area contributed by atoms with Crippen LogP contribution in [0.1, 0.15) is 33.0 Å². The normalized spacial score (nSPS) is 10.5. The second kappa shape index (κ2) is 5.49. The second-order valence-corrected chi connectivity index (χ2v) is 4.96. The molecule has 0 fully saturated rings. The van der Waals surface area contributed by atoms with Crippen LogP contribution in [-0.2, 0) is 6.54 Å². The highest BCUT2D eigenvalue weighted by atomic mass is 35.5. The maximum Gasteiger partial charge on any atom is 0.255 e. The van der Waals surface area contributed by atoms with Crippen molar-refractivity contribution in [2.45, 2.75) is 27.3 Å². The maximum absolute atomic E-state index is 12.1. The van der Waals surface area contributed by atoms with Crippen LogP contribution in [0, 0.1) is 20.8 Å². The largest absolute Gasteiger partial charge is 0.466 e. The molecule has 0 bridgehead atoms. The van der Waals surface area contributed by atoms with E-state index < -0.39 is 0 Å². The fraction of sp³-hybridized carbons (Fsp3) is 0.267. The molecule has 0 saturated carbocycles. The van der Waals surface area contributed by atoms with Gasteiger partial charge in [0.15, 0.2) is 0 Å². The molecule has 0 aliphatic rings. The summed E-state index contributed by atoms with van der Waals surface area (Å²) in [5, 5.41) is 3.57. The Bertz CT molecular complexity index is 599. The molecule has 0 radical (unpaired) electrons. The average molecular weight is 278 g/mol. The monoisotopic (exact) mass is 277 g/mol. The fourth-order valence-corrected chi connectivity index (χ4v) is 2.13. The van der Waals surface area contributed by atoms with E-state index in [1.807, 2.05) is 38.1 Å². The molecule has 1 aromatic heterocycles. The van der Waals surface area contributed by atoms with Crippen molar-refractivity contribution in [2.75, 3.05) is 0 Å². The van der Waals surface area contributed by atoms with Gasteiger partial charge in [-0.25, -0.2) is 0 Å². The smallest absolute Gasteiger partial charge is 0.255 e. The molecule has 0 aliphatic heterocycles. The molecular formula is C15H16ClNO2. The van der Waals surface area contributed by atoms with Gasteiger partial charge in [0.1, 0.15) is 11.5 Å². The number of furan rings is 1. The Balaban J connectivity index is 2.07. The van der Waals surface area contributed by atoms with Gasteiger partial charge in [-0.1, -0.05) is 23.7 Å². The molecule has 1 amide bonds. The predicted octanol–water partition coefficient (Wildman–Crippen LogP) is 3.79. The van der Waals surface area contributed by atoms with Gasteiger partial charge in [-0.15, -0.1) is 0 Å². The Labute approximate surface area is 117 Å². The van der Waals surface area contributed by atoms with Crippen LogP contribution in [-0.4, -0.2) is 5.91 Å². The molecule has 0 aliphatic carbocycles. The quantitative estimate of drug-likeness (QED) is 0.927.